The highest BCUT2D eigenvalue weighted by molar-refractivity contribution is 6.32. The van der Waals surface area contributed by atoms with Crippen LogP contribution < -0.4 is 15.5 Å². The normalized spacial score (nSPS) is 13.9. The molecule has 1 aromatic carbocycles. The van der Waals surface area contributed by atoms with Crippen LogP contribution >= 0.6 is 0 Å². The van der Waals surface area contributed by atoms with Gasteiger partial charge in [-0.3, -0.25) is 4.79 Å². The Kier molecular flexibility index (Phi) is 4.20. The number of aromatic nitrogens is 1. The maximum atomic E-state index is 12.4. The molecule has 0 N–H and O–H groups in total. The summed E-state index contributed by atoms with van der Waals surface area (Å²) >= 11 is 0. The molecule has 3 rings (SSSR count). The smallest absolute Gasteiger partial charge is 0.253 e. The molecular weight excluding hydrogens is 290 g/mol. The fraction of sp³-hybridized carbons (Fsp3) is 0.389. The van der Waals surface area contributed by atoms with E-state index in [1.807, 2.05) is 20.2 Å². The molecule has 0 spiro atoms. The van der Waals surface area contributed by atoms with Crippen LogP contribution in [0.2, 0.25) is 0 Å². The van der Waals surface area contributed by atoms with Gasteiger partial charge < -0.3 is 9.30 Å². The van der Waals surface area contributed by atoms with Crippen molar-refractivity contribution < 1.29 is 4.74 Å². The first-order valence-electron chi connectivity index (χ1n) is 8.07. The van der Waals surface area contributed by atoms with Crippen LogP contribution in [0.25, 0.3) is 11.1 Å². The zero-order valence-corrected chi connectivity index (χ0v) is 15.6. The van der Waals surface area contributed by atoms with Crippen molar-refractivity contribution in [3.63, 3.8) is 0 Å². The second-order valence-corrected chi connectivity index (χ2v) is 7.21. The van der Waals surface area contributed by atoms with E-state index in [9.17, 15) is 4.79 Å². The highest BCUT2D eigenvalue weighted by Gasteiger charge is 2.20. The van der Waals surface area contributed by atoms with E-state index in [1.54, 1.807) is 4.57 Å². The Morgan fingerprint density at radius 1 is 1.18 bits per heavy atom. The lowest BCUT2D eigenvalue weighted by Gasteiger charge is -2.22. The minimum Gasteiger partial charge on any atom is -0.493 e. The second-order valence-electron chi connectivity index (χ2n) is 6.06. The molecule has 0 saturated heterocycles. The molecule has 1 aliphatic carbocycles. The van der Waals surface area contributed by atoms with Gasteiger partial charge in [0, 0.05) is 40.2 Å². The summed E-state index contributed by atoms with van der Waals surface area (Å²) in [5.74, 6) is 0.925. The summed E-state index contributed by atoms with van der Waals surface area (Å²) in [4.78, 5) is 12.4. The van der Waals surface area contributed by atoms with Crippen molar-refractivity contribution >= 4 is 15.4 Å². The van der Waals surface area contributed by atoms with Gasteiger partial charge in [0.2, 0.25) is 0 Å². The quantitative estimate of drug-likeness (QED) is 0.800. The molecule has 0 aliphatic heterocycles. The first-order valence-corrected chi connectivity index (χ1v) is 9.07. The fourth-order valence-corrected chi connectivity index (χ4v) is 3.80. The molecule has 1 aliphatic rings. The molecule has 116 valence electrons. The van der Waals surface area contributed by atoms with Crippen molar-refractivity contribution in [2.45, 2.75) is 32.6 Å². The highest BCUT2D eigenvalue weighted by Crippen LogP contribution is 2.34. The largest absolute Gasteiger partial charge is 0.493 e. The lowest BCUT2D eigenvalue weighted by Crippen LogP contribution is -2.25. The Bertz CT molecular complexity index is 764. The van der Waals surface area contributed by atoms with E-state index in [4.69, 9.17) is 4.74 Å². The number of hydrogen-bond donors (Lipinski definition) is 0. The number of fused-ring (bicyclic) bond motifs is 1. The number of rotatable bonds is 3. The average molecular weight is 313 g/mol. The number of hydrogen-bond acceptors (Lipinski definition) is 2. The van der Waals surface area contributed by atoms with E-state index in [0.717, 1.165) is 52.8 Å². The third-order valence-electron chi connectivity index (χ3n) is 4.42. The van der Waals surface area contributed by atoms with Crippen LogP contribution in [-0.2, 0) is 19.9 Å². The van der Waals surface area contributed by atoms with Gasteiger partial charge in [0.1, 0.15) is 5.75 Å². The van der Waals surface area contributed by atoms with Crippen molar-refractivity contribution in [2.75, 3.05) is 6.61 Å². The Morgan fingerprint density at radius 3 is 2.64 bits per heavy atom. The van der Waals surface area contributed by atoms with Gasteiger partial charge in [-0.15, -0.1) is 0 Å². The first kappa shape index (κ1) is 15.1. The number of ether oxygens (including phenoxy) is 1. The van der Waals surface area contributed by atoms with Gasteiger partial charge in [-0.25, -0.2) is 0 Å². The molecule has 2 aromatic rings. The third kappa shape index (κ3) is 2.63. The van der Waals surface area contributed by atoms with Crippen LogP contribution in [0.15, 0.2) is 29.2 Å². The van der Waals surface area contributed by atoms with E-state index in [-0.39, 0.29) is 5.56 Å². The van der Waals surface area contributed by atoms with E-state index in [2.05, 4.69) is 18.2 Å². The maximum Gasteiger partial charge on any atom is 0.253 e. The molecule has 0 fully saturated rings. The van der Waals surface area contributed by atoms with Crippen molar-refractivity contribution in [1.29, 1.82) is 0 Å². The van der Waals surface area contributed by atoms with Crippen LogP contribution in [0, 0.1) is 0 Å². The molecule has 0 radical (unpaired) electrons. The topological polar surface area (TPSA) is 31.2 Å². The Labute approximate surface area is 134 Å². The standard InChI is InChI=1S/C18H23NO2Si/c1-3-21-17-9-8-12(22)10-15(17)16-11-19(2)18(20)14-7-5-4-6-13(14)16/h8-11H,3-7H2,1-2,22H3. The molecule has 1 aromatic heterocycles. The van der Waals surface area contributed by atoms with Crippen molar-refractivity contribution in [3.05, 3.63) is 45.9 Å². The van der Waals surface area contributed by atoms with Crippen molar-refractivity contribution in [3.8, 4) is 16.9 Å². The van der Waals surface area contributed by atoms with Crippen LogP contribution in [0.3, 0.4) is 0 Å². The van der Waals surface area contributed by atoms with Crippen LogP contribution in [0.5, 0.6) is 5.75 Å². The van der Waals surface area contributed by atoms with Crippen LogP contribution in [0.1, 0.15) is 30.9 Å². The highest BCUT2D eigenvalue weighted by atomic mass is 28.1. The summed E-state index contributed by atoms with van der Waals surface area (Å²) in [6.45, 7) is 2.66. The molecular formula is C18H23NO2Si. The Morgan fingerprint density at radius 2 is 1.91 bits per heavy atom. The number of aryl methyl sites for hydroxylation is 1. The van der Waals surface area contributed by atoms with Crippen LogP contribution in [-0.4, -0.2) is 21.4 Å². The van der Waals surface area contributed by atoms with Gasteiger partial charge in [-0.2, -0.15) is 0 Å². The van der Waals surface area contributed by atoms with E-state index < -0.39 is 0 Å². The third-order valence-corrected chi connectivity index (χ3v) is 5.04. The molecule has 0 saturated carbocycles. The van der Waals surface area contributed by atoms with E-state index >= 15 is 0 Å². The molecule has 22 heavy (non-hydrogen) atoms. The predicted octanol–water partition coefficient (Wildman–Crippen LogP) is 1.32. The van der Waals surface area contributed by atoms with E-state index in [0.29, 0.717) is 6.61 Å². The Hall–Kier alpha value is -1.81. The summed E-state index contributed by atoms with van der Waals surface area (Å²) < 4.78 is 7.57. The lowest BCUT2D eigenvalue weighted by molar-refractivity contribution is 0.341. The molecule has 0 bridgehead atoms. The fourth-order valence-electron chi connectivity index (χ4n) is 3.35. The summed E-state index contributed by atoms with van der Waals surface area (Å²) in [6, 6.07) is 6.43. The minimum absolute atomic E-state index is 0.165. The monoisotopic (exact) mass is 313 g/mol. The Balaban J connectivity index is 2.27. The first-order chi connectivity index (χ1) is 10.6. The summed E-state index contributed by atoms with van der Waals surface area (Å²) in [5, 5.41) is 1.34. The van der Waals surface area contributed by atoms with Gasteiger partial charge in [-0.05, 0) is 44.2 Å². The zero-order valence-electron chi connectivity index (χ0n) is 13.6. The predicted molar refractivity (Wildman–Crippen MR) is 94.5 cm³/mol. The SMILES string of the molecule is CCOc1ccc([SiH3])cc1-c1cn(C)c(=O)c2c1CCCC2. The number of nitrogens with zero attached hydrogens (tertiary/aromatic N) is 1. The van der Waals surface area contributed by atoms with Gasteiger partial charge in [0.25, 0.3) is 5.56 Å². The van der Waals surface area contributed by atoms with Gasteiger partial charge in [0.15, 0.2) is 0 Å². The van der Waals surface area contributed by atoms with Crippen molar-refractivity contribution in [1.82, 2.24) is 4.57 Å². The van der Waals surface area contributed by atoms with Gasteiger partial charge in [0.05, 0.1) is 6.61 Å². The zero-order chi connectivity index (χ0) is 15.7. The number of pyridine rings is 1. The number of benzene rings is 1. The molecule has 0 amide bonds. The average Bonchev–Trinajstić information content (AvgIpc) is 2.53. The summed E-state index contributed by atoms with van der Waals surface area (Å²) in [5.41, 5.74) is 4.73. The van der Waals surface area contributed by atoms with Gasteiger partial charge in [-0.1, -0.05) is 17.3 Å². The molecule has 4 heteroatoms. The van der Waals surface area contributed by atoms with Crippen molar-refractivity contribution in [2.24, 2.45) is 7.05 Å². The van der Waals surface area contributed by atoms with E-state index in [1.165, 1.54) is 16.3 Å². The van der Waals surface area contributed by atoms with Crippen LogP contribution in [0.4, 0.5) is 0 Å². The summed E-state index contributed by atoms with van der Waals surface area (Å²) in [7, 11) is 2.86. The maximum absolute atomic E-state index is 12.4. The molecule has 1 heterocycles. The van der Waals surface area contributed by atoms with Gasteiger partial charge >= 0.3 is 0 Å². The minimum atomic E-state index is 0.165. The summed E-state index contributed by atoms with van der Waals surface area (Å²) in [6.07, 6.45) is 6.17. The second kappa shape index (κ2) is 6.13. The lowest BCUT2D eigenvalue weighted by atomic mass is 9.87. The molecule has 3 nitrogen and oxygen atoms in total. The molecule has 0 atom stereocenters. The molecule has 0 unspecified atom stereocenters.